The van der Waals surface area contributed by atoms with E-state index in [4.69, 9.17) is 16.9 Å². The smallest absolute Gasteiger partial charge is 0.289 e. The van der Waals surface area contributed by atoms with Gasteiger partial charge in [0.1, 0.15) is 6.07 Å². The second-order valence-electron chi connectivity index (χ2n) is 7.96. The van der Waals surface area contributed by atoms with Gasteiger partial charge in [0.05, 0.1) is 45.6 Å². The summed E-state index contributed by atoms with van der Waals surface area (Å²) in [6, 6.07) is 9.18. The van der Waals surface area contributed by atoms with E-state index in [1.807, 2.05) is 6.07 Å². The minimum atomic E-state index is -4.72. The molecule has 2 unspecified atom stereocenters. The zero-order valence-corrected chi connectivity index (χ0v) is 17.8. The molecule has 2 fully saturated rings. The fourth-order valence-corrected chi connectivity index (χ4v) is 4.92. The third kappa shape index (κ3) is 3.45. The lowest BCUT2D eigenvalue weighted by Crippen LogP contribution is -2.40. The highest BCUT2D eigenvalue weighted by atomic mass is 35.5. The Labute approximate surface area is 188 Å². The SMILES string of the molecule is Cc1c(N2C(=O)N(c3ccc(C#N)c(C(F)(F)F)c3)C3CCCCC32)ccc(C#N)c1Cl. The van der Waals surface area contributed by atoms with Gasteiger partial charge in [0.15, 0.2) is 0 Å². The third-order valence-corrected chi connectivity index (χ3v) is 6.70. The molecule has 2 amide bonds. The van der Waals surface area contributed by atoms with Crippen LogP contribution < -0.4 is 9.80 Å². The summed E-state index contributed by atoms with van der Waals surface area (Å²) in [5.41, 5.74) is -0.0332. The molecule has 1 aliphatic heterocycles. The lowest BCUT2D eigenvalue weighted by molar-refractivity contribution is -0.137. The molecule has 164 valence electrons. The number of rotatable bonds is 2. The van der Waals surface area contributed by atoms with Crippen LogP contribution in [-0.4, -0.2) is 18.1 Å². The normalized spacial score (nSPS) is 20.7. The van der Waals surface area contributed by atoms with E-state index in [1.165, 1.54) is 11.0 Å². The van der Waals surface area contributed by atoms with Gasteiger partial charge in [0, 0.05) is 5.69 Å². The zero-order chi connectivity index (χ0) is 23.2. The van der Waals surface area contributed by atoms with Crippen LogP contribution in [0.5, 0.6) is 0 Å². The predicted octanol–water partition coefficient (Wildman–Crippen LogP) is 6.17. The molecule has 1 saturated carbocycles. The van der Waals surface area contributed by atoms with E-state index in [1.54, 1.807) is 30.0 Å². The molecule has 0 aromatic heterocycles. The van der Waals surface area contributed by atoms with Crippen molar-refractivity contribution in [3.8, 4) is 12.1 Å². The van der Waals surface area contributed by atoms with Crippen LogP contribution in [0.4, 0.5) is 29.3 Å². The summed E-state index contributed by atoms with van der Waals surface area (Å²) in [6.45, 7) is 1.72. The molecule has 2 aromatic rings. The average Bonchev–Trinajstić information content (AvgIpc) is 3.06. The van der Waals surface area contributed by atoms with Crippen LogP contribution in [0.2, 0.25) is 5.02 Å². The van der Waals surface area contributed by atoms with E-state index >= 15 is 0 Å². The van der Waals surface area contributed by atoms with Gasteiger partial charge in [-0.15, -0.1) is 0 Å². The van der Waals surface area contributed by atoms with E-state index in [9.17, 15) is 23.2 Å². The summed E-state index contributed by atoms with van der Waals surface area (Å²) >= 11 is 6.33. The Balaban J connectivity index is 1.83. The standard InChI is InChI=1S/C23H18ClF3N4O/c1-13-18(9-7-15(12-29)21(13)24)31-20-5-3-2-4-19(20)30(22(31)32)16-8-6-14(11-28)17(10-16)23(25,26)27/h6-10,19-20H,2-5H2,1H3. The minimum Gasteiger partial charge on any atom is -0.289 e. The molecule has 2 aromatic carbocycles. The molecule has 1 heterocycles. The number of nitriles is 2. The van der Waals surface area contributed by atoms with Crippen molar-refractivity contribution in [1.82, 2.24) is 0 Å². The van der Waals surface area contributed by atoms with Gasteiger partial charge in [-0.3, -0.25) is 9.80 Å². The molecule has 1 aliphatic carbocycles. The zero-order valence-electron chi connectivity index (χ0n) is 17.1. The fraction of sp³-hybridized carbons (Fsp3) is 0.348. The second-order valence-corrected chi connectivity index (χ2v) is 8.34. The molecular weight excluding hydrogens is 441 g/mol. The van der Waals surface area contributed by atoms with Crippen LogP contribution in [0.25, 0.3) is 0 Å². The molecule has 1 saturated heterocycles. The number of anilines is 2. The van der Waals surface area contributed by atoms with Gasteiger partial charge < -0.3 is 0 Å². The average molecular weight is 459 g/mol. The van der Waals surface area contributed by atoms with E-state index in [0.717, 1.165) is 25.0 Å². The number of hydrogen-bond acceptors (Lipinski definition) is 3. The fourth-order valence-electron chi connectivity index (χ4n) is 4.71. The van der Waals surface area contributed by atoms with Crippen LogP contribution >= 0.6 is 11.6 Å². The van der Waals surface area contributed by atoms with Crippen molar-refractivity contribution < 1.29 is 18.0 Å². The van der Waals surface area contributed by atoms with Crippen molar-refractivity contribution in [3.63, 3.8) is 0 Å². The summed E-state index contributed by atoms with van der Waals surface area (Å²) in [7, 11) is 0. The van der Waals surface area contributed by atoms with Crippen molar-refractivity contribution in [2.24, 2.45) is 0 Å². The molecule has 0 N–H and O–H groups in total. The second kappa shape index (κ2) is 8.03. The number of hydrogen-bond donors (Lipinski definition) is 0. The summed E-state index contributed by atoms with van der Waals surface area (Å²) in [4.78, 5) is 16.6. The van der Waals surface area contributed by atoms with E-state index in [0.29, 0.717) is 29.7 Å². The summed E-state index contributed by atoms with van der Waals surface area (Å²) < 4.78 is 40.6. The Bertz CT molecular complexity index is 1180. The third-order valence-electron chi connectivity index (χ3n) is 6.21. The van der Waals surface area contributed by atoms with Crippen LogP contribution in [-0.2, 0) is 6.18 Å². The van der Waals surface area contributed by atoms with E-state index in [2.05, 4.69) is 0 Å². The minimum absolute atomic E-state index is 0.109. The lowest BCUT2D eigenvalue weighted by Gasteiger charge is -2.32. The van der Waals surface area contributed by atoms with Crippen LogP contribution in [0.15, 0.2) is 30.3 Å². The van der Waals surface area contributed by atoms with Crippen molar-refractivity contribution in [3.05, 3.63) is 57.6 Å². The number of halogens is 4. The summed E-state index contributed by atoms with van der Waals surface area (Å²) in [6.07, 6.45) is -1.62. The van der Waals surface area contributed by atoms with E-state index in [-0.39, 0.29) is 22.8 Å². The summed E-state index contributed by atoms with van der Waals surface area (Å²) in [5.74, 6) is 0. The molecule has 2 atom stereocenters. The lowest BCUT2D eigenvalue weighted by atomic mass is 9.89. The highest BCUT2D eigenvalue weighted by Gasteiger charge is 2.49. The quantitative estimate of drug-likeness (QED) is 0.540. The number of nitrogens with zero attached hydrogens (tertiary/aromatic N) is 4. The Morgan fingerprint density at radius 2 is 1.59 bits per heavy atom. The van der Waals surface area contributed by atoms with Crippen molar-refractivity contribution >= 4 is 29.0 Å². The Kier molecular flexibility index (Phi) is 5.52. The Morgan fingerprint density at radius 1 is 1.00 bits per heavy atom. The molecule has 0 spiro atoms. The van der Waals surface area contributed by atoms with Gasteiger partial charge >= 0.3 is 12.2 Å². The topological polar surface area (TPSA) is 71.1 Å². The van der Waals surface area contributed by atoms with E-state index < -0.39 is 23.3 Å². The highest BCUT2D eigenvalue weighted by molar-refractivity contribution is 6.33. The molecule has 0 radical (unpaired) electrons. The van der Waals surface area contributed by atoms with Gasteiger partial charge in [-0.1, -0.05) is 24.4 Å². The predicted molar refractivity (Wildman–Crippen MR) is 113 cm³/mol. The maximum Gasteiger partial charge on any atom is 0.417 e. The number of amides is 2. The number of benzene rings is 2. The van der Waals surface area contributed by atoms with Gasteiger partial charge in [-0.05, 0) is 55.7 Å². The Morgan fingerprint density at radius 3 is 2.19 bits per heavy atom. The van der Waals surface area contributed by atoms with Crippen molar-refractivity contribution in [2.75, 3.05) is 9.80 Å². The Hall–Kier alpha value is -3.23. The number of urea groups is 1. The first-order chi connectivity index (χ1) is 15.2. The highest BCUT2D eigenvalue weighted by Crippen LogP contribution is 2.43. The summed E-state index contributed by atoms with van der Waals surface area (Å²) in [5, 5.41) is 18.6. The number of fused-ring (bicyclic) bond motifs is 1. The van der Waals surface area contributed by atoms with Crippen LogP contribution in [0.1, 0.15) is 47.9 Å². The molecule has 4 rings (SSSR count). The van der Waals surface area contributed by atoms with Crippen molar-refractivity contribution in [1.29, 1.82) is 10.5 Å². The number of carbonyl (C=O) groups is 1. The molecule has 9 heteroatoms. The first-order valence-corrected chi connectivity index (χ1v) is 10.5. The molecular formula is C23H18ClF3N4O. The monoisotopic (exact) mass is 458 g/mol. The number of alkyl halides is 3. The molecule has 0 bridgehead atoms. The van der Waals surface area contributed by atoms with Gasteiger partial charge in [-0.25, -0.2) is 4.79 Å². The maximum atomic E-state index is 13.6. The van der Waals surface area contributed by atoms with Gasteiger partial charge in [0.25, 0.3) is 0 Å². The first kappa shape index (κ1) is 22.0. The number of carbonyl (C=O) groups excluding carboxylic acids is 1. The largest absolute Gasteiger partial charge is 0.417 e. The molecule has 5 nitrogen and oxygen atoms in total. The first-order valence-electron chi connectivity index (χ1n) is 10.1. The van der Waals surface area contributed by atoms with Crippen LogP contribution in [0.3, 0.4) is 0 Å². The van der Waals surface area contributed by atoms with Gasteiger partial charge in [0.2, 0.25) is 0 Å². The maximum absolute atomic E-state index is 13.6. The van der Waals surface area contributed by atoms with Gasteiger partial charge in [-0.2, -0.15) is 23.7 Å². The molecule has 2 aliphatic rings. The van der Waals surface area contributed by atoms with Crippen molar-refractivity contribution in [2.45, 2.75) is 50.9 Å². The van der Waals surface area contributed by atoms with Crippen LogP contribution in [0, 0.1) is 29.6 Å². The molecule has 32 heavy (non-hydrogen) atoms.